The molecule has 0 aromatic carbocycles. The minimum atomic E-state index is 0.313. The Kier molecular flexibility index (Phi) is 3.87. The minimum absolute atomic E-state index is 0.313. The van der Waals surface area contributed by atoms with Crippen molar-refractivity contribution < 1.29 is 5.11 Å². The van der Waals surface area contributed by atoms with Crippen molar-refractivity contribution in [1.82, 2.24) is 0 Å². The van der Waals surface area contributed by atoms with E-state index in [0.29, 0.717) is 17.4 Å². The molecule has 4 fully saturated rings. The highest BCUT2D eigenvalue weighted by atomic mass is 16.3. The maximum absolute atomic E-state index is 10.3. The largest absolute Gasteiger partial charge is 0.396 e. The Hall–Kier alpha value is -0.0400. The normalized spacial score (nSPS) is 54.4. The van der Waals surface area contributed by atoms with Gasteiger partial charge in [-0.25, -0.2) is 0 Å². The van der Waals surface area contributed by atoms with Gasteiger partial charge in [0.2, 0.25) is 0 Å². The summed E-state index contributed by atoms with van der Waals surface area (Å²) in [6.07, 6.45) is 15.8. The van der Waals surface area contributed by atoms with Gasteiger partial charge in [0.1, 0.15) is 0 Å². The van der Waals surface area contributed by atoms with Gasteiger partial charge in [-0.05, 0) is 91.8 Å². The predicted molar refractivity (Wildman–Crippen MR) is 91.5 cm³/mol. The fourth-order valence-corrected chi connectivity index (χ4v) is 8.15. The van der Waals surface area contributed by atoms with E-state index in [1.807, 2.05) is 0 Å². The summed E-state index contributed by atoms with van der Waals surface area (Å²) in [5.74, 6) is 4.59. The fraction of sp³-hybridized carbons (Fsp3) is 1.00. The van der Waals surface area contributed by atoms with Crippen LogP contribution in [0.15, 0.2) is 0 Å². The Labute approximate surface area is 137 Å². The van der Waals surface area contributed by atoms with E-state index in [9.17, 15) is 5.11 Å². The average molecular weight is 305 g/mol. The third kappa shape index (κ3) is 1.93. The molecule has 0 saturated heterocycles. The first kappa shape index (κ1) is 15.5. The second-order valence-electron chi connectivity index (χ2n) is 9.52. The molecule has 1 heteroatoms. The van der Waals surface area contributed by atoms with Crippen LogP contribution in [0.5, 0.6) is 0 Å². The molecule has 0 heterocycles. The van der Waals surface area contributed by atoms with Gasteiger partial charge in [0.05, 0.1) is 0 Å². The Morgan fingerprint density at radius 1 is 0.909 bits per heavy atom. The molecule has 0 aliphatic heterocycles. The molecule has 7 atom stereocenters. The number of hydrogen-bond acceptors (Lipinski definition) is 1. The van der Waals surface area contributed by atoms with Gasteiger partial charge in [0, 0.05) is 6.61 Å². The number of hydrogen-bond donors (Lipinski definition) is 1. The van der Waals surface area contributed by atoms with Gasteiger partial charge < -0.3 is 5.11 Å². The summed E-state index contributed by atoms with van der Waals surface area (Å²) in [6, 6.07) is 0. The van der Waals surface area contributed by atoms with E-state index in [1.165, 1.54) is 70.6 Å². The molecule has 0 unspecified atom stereocenters. The molecule has 0 amide bonds. The van der Waals surface area contributed by atoms with Crippen LogP contribution in [-0.2, 0) is 0 Å². The highest BCUT2D eigenvalue weighted by Gasteiger charge is 2.60. The van der Waals surface area contributed by atoms with E-state index < -0.39 is 0 Å². The summed E-state index contributed by atoms with van der Waals surface area (Å²) in [4.78, 5) is 0. The SMILES string of the molecule is CC[C@H]1CC[C@H]2[C@@H]3CC[C@H]4CCCC[C@]4(C)[C@H]3CC[C@]12CO. The van der Waals surface area contributed by atoms with E-state index in [0.717, 1.165) is 29.6 Å². The van der Waals surface area contributed by atoms with E-state index in [4.69, 9.17) is 0 Å². The maximum Gasteiger partial charge on any atom is 0.0492 e. The first-order chi connectivity index (χ1) is 10.7. The third-order valence-corrected chi connectivity index (χ3v) is 9.27. The Bertz CT molecular complexity index is 416. The molecular weight excluding hydrogens is 268 g/mol. The maximum atomic E-state index is 10.3. The Morgan fingerprint density at radius 3 is 2.55 bits per heavy atom. The first-order valence-corrected chi connectivity index (χ1v) is 10.3. The van der Waals surface area contributed by atoms with Crippen LogP contribution in [0.1, 0.15) is 84.5 Å². The summed E-state index contributed by atoms with van der Waals surface area (Å²) < 4.78 is 0. The molecule has 4 aliphatic carbocycles. The van der Waals surface area contributed by atoms with E-state index in [1.54, 1.807) is 0 Å². The molecule has 22 heavy (non-hydrogen) atoms. The number of aliphatic hydroxyl groups is 1. The zero-order valence-electron chi connectivity index (χ0n) is 14.8. The third-order valence-electron chi connectivity index (χ3n) is 9.27. The van der Waals surface area contributed by atoms with Gasteiger partial charge in [0.15, 0.2) is 0 Å². The first-order valence-electron chi connectivity index (χ1n) is 10.3. The quantitative estimate of drug-likeness (QED) is 0.722. The van der Waals surface area contributed by atoms with Crippen LogP contribution in [0, 0.1) is 40.4 Å². The van der Waals surface area contributed by atoms with Gasteiger partial charge in [0.25, 0.3) is 0 Å². The topological polar surface area (TPSA) is 20.2 Å². The zero-order chi connectivity index (χ0) is 15.4. The van der Waals surface area contributed by atoms with Crippen molar-refractivity contribution >= 4 is 0 Å². The van der Waals surface area contributed by atoms with Crippen molar-refractivity contribution in [3.63, 3.8) is 0 Å². The predicted octanol–water partition coefficient (Wildman–Crippen LogP) is 5.42. The number of aliphatic hydroxyl groups excluding tert-OH is 1. The van der Waals surface area contributed by atoms with E-state index in [-0.39, 0.29) is 0 Å². The monoisotopic (exact) mass is 304 g/mol. The van der Waals surface area contributed by atoms with Gasteiger partial charge in [-0.15, -0.1) is 0 Å². The summed E-state index contributed by atoms with van der Waals surface area (Å²) in [5.41, 5.74) is 0.959. The van der Waals surface area contributed by atoms with Gasteiger partial charge >= 0.3 is 0 Å². The van der Waals surface area contributed by atoms with Gasteiger partial charge in [-0.3, -0.25) is 0 Å². The fourth-order valence-electron chi connectivity index (χ4n) is 8.15. The van der Waals surface area contributed by atoms with Crippen molar-refractivity contribution in [3.8, 4) is 0 Å². The molecular formula is C21H36O. The van der Waals surface area contributed by atoms with Crippen LogP contribution in [0.3, 0.4) is 0 Å². The molecule has 126 valence electrons. The van der Waals surface area contributed by atoms with Crippen LogP contribution in [0.4, 0.5) is 0 Å². The van der Waals surface area contributed by atoms with E-state index >= 15 is 0 Å². The summed E-state index contributed by atoms with van der Waals surface area (Å²) in [5, 5.41) is 10.3. The average Bonchev–Trinajstić information content (AvgIpc) is 2.93. The standard InChI is InChI=1S/C21H36O/c1-3-15-8-10-19-17-9-7-16-6-4-5-12-20(16,2)18(17)11-13-21(15,19)14-22/h15-19,22H,3-14H2,1-2H3/t15-,16+,17+,18-,19-,20-,21-/m0/s1. The lowest BCUT2D eigenvalue weighted by Gasteiger charge is -2.61. The Morgan fingerprint density at radius 2 is 1.77 bits per heavy atom. The summed E-state index contributed by atoms with van der Waals surface area (Å²) in [7, 11) is 0. The lowest BCUT2D eigenvalue weighted by molar-refractivity contribution is -0.128. The summed E-state index contributed by atoms with van der Waals surface area (Å²) >= 11 is 0. The van der Waals surface area contributed by atoms with Crippen molar-refractivity contribution in [2.75, 3.05) is 6.61 Å². The molecule has 0 radical (unpaired) electrons. The van der Waals surface area contributed by atoms with Crippen molar-refractivity contribution in [3.05, 3.63) is 0 Å². The molecule has 0 spiro atoms. The Balaban J connectivity index is 1.64. The second kappa shape index (κ2) is 5.50. The highest BCUT2D eigenvalue weighted by Crippen LogP contribution is 2.67. The lowest BCUT2D eigenvalue weighted by Crippen LogP contribution is -2.54. The van der Waals surface area contributed by atoms with Crippen LogP contribution in [0.2, 0.25) is 0 Å². The lowest BCUT2D eigenvalue weighted by atomic mass is 9.44. The van der Waals surface area contributed by atoms with Crippen molar-refractivity contribution in [2.45, 2.75) is 84.5 Å². The molecule has 4 rings (SSSR count). The minimum Gasteiger partial charge on any atom is -0.396 e. The smallest absolute Gasteiger partial charge is 0.0492 e. The second-order valence-corrected chi connectivity index (χ2v) is 9.52. The van der Waals surface area contributed by atoms with Crippen LogP contribution >= 0.6 is 0 Å². The number of rotatable bonds is 2. The zero-order valence-corrected chi connectivity index (χ0v) is 14.8. The molecule has 4 saturated carbocycles. The van der Waals surface area contributed by atoms with Gasteiger partial charge in [-0.1, -0.05) is 33.1 Å². The van der Waals surface area contributed by atoms with Crippen LogP contribution in [-0.4, -0.2) is 11.7 Å². The molecule has 1 nitrogen and oxygen atoms in total. The van der Waals surface area contributed by atoms with Crippen LogP contribution < -0.4 is 0 Å². The molecule has 4 aliphatic rings. The van der Waals surface area contributed by atoms with E-state index in [2.05, 4.69) is 13.8 Å². The van der Waals surface area contributed by atoms with Crippen molar-refractivity contribution in [2.24, 2.45) is 40.4 Å². The van der Waals surface area contributed by atoms with Crippen molar-refractivity contribution in [1.29, 1.82) is 0 Å². The molecule has 0 aromatic heterocycles. The molecule has 0 aromatic rings. The number of fused-ring (bicyclic) bond motifs is 5. The molecule has 0 bridgehead atoms. The molecule has 1 N–H and O–H groups in total. The van der Waals surface area contributed by atoms with Crippen LogP contribution in [0.25, 0.3) is 0 Å². The van der Waals surface area contributed by atoms with Gasteiger partial charge in [-0.2, -0.15) is 0 Å². The highest BCUT2D eigenvalue weighted by molar-refractivity contribution is 5.09. The summed E-state index contributed by atoms with van der Waals surface area (Å²) in [6.45, 7) is 5.49.